The van der Waals surface area contributed by atoms with E-state index in [0.717, 1.165) is 61.5 Å². The summed E-state index contributed by atoms with van der Waals surface area (Å²) < 4.78 is 2.18. The van der Waals surface area contributed by atoms with E-state index in [1.165, 1.54) is 0 Å². The minimum atomic E-state index is 0.831. The number of hydrogen-bond acceptors (Lipinski definition) is 4. The number of pyridine rings is 4. The summed E-state index contributed by atoms with van der Waals surface area (Å²) >= 11 is 0. The van der Waals surface area contributed by atoms with Crippen molar-refractivity contribution in [2.45, 2.75) is 0 Å². The lowest BCUT2D eigenvalue weighted by molar-refractivity contribution is 1.08. The maximum Gasteiger partial charge on any atom is 0.138 e. The maximum atomic E-state index is 4.98. The van der Waals surface area contributed by atoms with Gasteiger partial charge in [0.25, 0.3) is 0 Å². The van der Waals surface area contributed by atoms with Crippen LogP contribution < -0.4 is 0 Å². The quantitative estimate of drug-likeness (QED) is 0.267. The van der Waals surface area contributed by atoms with Crippen molar-refractivity contribution in [2.75, 3.05) is 0 Å². The van der Waals surface area contributed by atoms with E-state index in [1.54, 1.807) is 6.20 Å². The molecule has 37 heavy (non-hydrogen) atoms. The molecule has 0 bridgehead atoms. The molecule has 0 aliphatic carbocycles. The van der Waals surface area contributed by atoms with Crippen molar-refractivity contribution in [3.8, 4) is 39.6 Å². The molecule has 0 unspecified atom stereocenters. The van der Waals surface area contributed by atoms with Gasteiger partial charge in [-0.25, -0.2) is 4.98 Å². The van der Waals surface area contributed by atoms with Gasteiger partial charge >= 0.3 is 0 Å². The molecule has 5 heterocycles. The predicted molar refractivity (Wildman–Crippen MR) is 148 cm³/mol. The molecule has 5 heteroatoms. The molecule has 0 amide bonds. The van der Waals surface area contributed by atoms with Gasteiger partial charge in [0, 0.05) is 29.5 Å². The zero-order valence-electron chi connectivity index (χ0n) is 19.9. The van der Waals surface area contributed by atoms with Crippen LogP contribution in [-0.4, -0.2) is 24.5 Å². The first kappa shape index (κ1) is 21.1. The third kappa shape index (κ3) is 3.65. The van der Waals surface area contributed by atoms with Gasteiger partial charge in [-0.2, -0.15) is 0 Å². The Kier molecular flexibility index (Phi) is 5.03. The van der Waals surface area contributed by atoms with Crippen LogP contribution in [0.15, 0.2) is 128 Å². The molecule has 5 nitrogen and oxygen atoms in total. The van der Waals surface area contributed by atoms with Crippen molar-refractivity contribution < 1.29 is 0 Å². The predicted octanol–water partition coefficient (Wildman–Crippen LogP) is 7.36. The summed E-state index contributed by atoms with van der Waals surface area (Å²) in [6.07, 6.45) is 5.47. The molecule has 2 aromatic carbocycles. The van der Waals surface area contributed by atoms with Gasteiger partial charge in [0.1, 0.15) is 5.82 Å². The number of nitrogens with zero attached hydrogens (tertiary/aromatic N) is 5. The average Bonchev–Trinajstić information content (AvgIpc) is 3.32. The highest BCUT2D eigenvalue weighted by Gasteiger charge is 2.16. The second-order valence-corrected chi connectivity index (χ2v) is 8.80. The van der Waals surface area contributed by atoms with E-state index in [2.05, 4.69) is 63.1 Å². The molecular formula is C32H21N5. The van der Waals surface area contributed by atoms with E-state index in [0.29, 0.717) is 0 Å². The first-order valence-electron chi connectivity index (χ1n) is 12.2. The fourth-order valence-electron chi connectivity index (χ4n) is 4.93. The Morgan fingerprint density at radius 1 is 0.486 bits per heavy atom. The van der Waals surface area contributed by atoms with Crippen molar-refractivity contribution in [1.82, 2.24) is 24.5 Å². The summed E-state index contributed by atoms with van der Waals surface area (Å²) in [5.74, 6) is 0.831. The molecule has 0 aliphatic rings. The molecular weight excluding hydrogens is 454 g/mol. The molecule has 0 saturated heterocycles. The van der Waals surface area contributed by atoms with Crippen LogP contribution in [0.3, 0.4) is 0 Å². The number of hydrogen-bond donors (Lipinski definition) is 0. The molecule has 0 fully saturated rings. The Morgan fingerprint density at radius 2 is 1.22 bits per heavy atom. The van der Waals surface area contributed by atoms with E-state index < -0.39 is 0 Å². The lowest BCUT2D eigenvalue weighted by Gasteiger charge is -2.11. The SMILES string of the molecule is c1ccc(-c2cccc(-n3c4ccc(-c5ccccc5-c5ccccn5)cc4c4ncccc43)n2)nc1. The fraction of sp³-hybridized carbons (Fsp3) is 0. The molecule has 0 spiro atoms. The van der Waals surface area contributed by atoms with Crippen LogP contribution in [0.1, 0.15) is 0 Å². The van der Waals surface area contributed by atoms with Gasteiger partial charge in [-0.3, -0.25) is 19.5 Å². The van der Waals surface area contributed by atoms with Crippen LogP contribution in [-0.2, 0) is 0 Å². The zero-order valence-corrected chi connectivity index (χ0v) is 19.9. The third-order valence-electron chi connectivity index (χ3n) is 6.59. The highest BCUT2D eigenvalue weighted by Crippen LogP contribution is 2.36. The second-order valence-electron chi connectivity index (χ2n) is 8.80. The second kappa shape index (κ2) is 8.81. The van der Waals surface area contributed by atoms with Gasteiger partial charge < -0.3 is 0 Å². The number of aromatic nitrogens is 5. The van der Waals surface area contributed by atoms with Crippen molar-refractivity contribution in [1.29, 1.82) is 0 Å². The van der Waals surface area contributed by atoms with Gasteiger partial charge in [-0.05, 0) is 71.8 Å². The van der Waals surface area contributed by atoms with E-state index in [4.69, 9.17) is 9.97 Å². The Bertz CT molecular complexity index is 1870. The lowest BCUT2D eigenvalue weighted by Crippen LogP contribution is -1.99. The topological polar surface area (TPSA) is 56.5 Å². The molecule has 5 aromatic heterocycles. The smallest absolute Gasteiger partial charge is 0.138 e. The van der Waals surface area contributed by atoms with Crippen molar-refractivity contribution in [3.63, 3.8) is 0 Å². The monoisotopic (exact) mass is 475 g/mol. The molecule has 7 aromatic rings. The van der Waals surface area contributed by atoms with Crippen LogP contribution in [0.2, 0.25) is 0 Å². The number of rotatable bonds is 4. The molecule has 0 radical (unpaired) electrons. The molecule has 0 N–H and O–H groups in total. The standard InChI is InChI=1S/C32H21N5/c1-2-10-24(26-11-3-5-18-33-26)23(9-1)22-16-17-29-25(21-22)32-30(14-8-20-35-32)37(29)31-15-7-13-28(36-31)27-12-4-6-19-34-27/h1-21H. The van der Waals surface area contributed by atoms with Crippen LogP contribution in [0, 0.1) is 0 Å². The number of benzene rings is 2. The minimum absolute atomic E-state index is 0.831. The summed E-state index contributed by atoms with van der Waals surface area (Å²) in [6, 6.07) is 36.9. The first-order valence-corrected chi connectivity index (χ1v) is 12.2. The summed E-state index contributed by atoms with van der Waals surface area (Å²) in [5, 5.41) is 1.08. The summed E-state index contributed by atoms with van der Waals surface area (Å²) in [6.45, 7) is 0. The Morgan fingerprint density at radius 3 is 2.03 bits per heavy atom. The minimum Gasteiger partial charge on any atom is -0.292 e. The van der Waals surface area contributed by atoms with Crippen LogP contribution in [0.5, 0.6) is 0 Å². The molecule has 0 aliphatic heterocycles. The van der Waals surface area contributed by atoms with Crippen LogP contribution in [0.4, 0.5) is 0 Å². The number of fused-ring (bicyclic) bond motifs is 3. The van der Waals surface area contributed by atoms with Crippen LogP contribution >= 0.6 is 0 Å². The molecule has 7 rings (SSSR count). The van der Waals surface area contributed by atoms with E-state index >= 15 is 0 Å². The van der Waals surface area contributed by atoms with Gasteiger partial charge in [-0.15, -0.1) is 0 Å². The normalized spacial score (nSPS) is 11.2. The maximum absolute atomic E-state index is 4.98. The molecule has 0 atom stereocenters. The summed E-state index contributed by atoms with van der Waals surface area (Å²) in [4.78, 5) is 18.8. The Labute approximate surface area is 213 Å². The molecule has 0 saturated carbocycles. The Hall–Kier alpha value is -5.16. The van der Waals surface area contributed by atoms with Crippen molar-refractivity contribution >= 4 is 21.9 Å². The highest BCUT2D eigenvalue weighted by atomic mass is 15.1. The van der Waals surface area contributed by atoms with Gasteiger partial charge in [0.2, 0.25) is 0 Å². The first-order chi connectivity index (χ1) is 18.4. The summed E-state index contributed by atoms with van der Waals surface area (Å²) in [5.41, 5.74) is 8.99. The fourth-order valence-corrected chi connectivity index (χ4v) is 4.93. The van der Waals surface area contributed by atoms with E-state index in [1.807, 2.05) is 73.1 Å². The lowest BCUT2D eigenvalue weighted by atomic mass is 9.96. The van der Waals surface area contributed by atoms with Crippen molar-refractivity contribution in [3.05, 3.63) is 128 Å². The largest absolute Gasteiger partial charge is 0.292 e. The third-order valence-corrected chi connectivity index (χ3v) is 6.59. The van der Waals surface area contributed by atoms with Gasteiger partial charge in [-0.1, -0.05) is 48.5 Å². The van der Waals surface area contributed by atoms with Gasteiger partial charge in [0.15, 0.2) is 0 Å². The highest BCUT2D eigenvalue weighted by molar-refractivity contribution is 6.08. The summed E-state index contributed by atoms with van der Waals surface area (Å²) in [7, 11) is 0. The average molecular weight is 476 g/mol. The zero-order chi connectivity index (χ0) is 24.6. The molecule has 174 valence electrons. The Balaban J connectivity index is 1.44. The van der Waals surface area contributed by atoms with Crippen LogP contribution in [0.25, 0.3) is 61.5 Å². The van der Waals surface area contributed by atoms with Crippen molar-refractivity contribution in [2.24, 2.45) is 0 Å². The van der Waals surface area contributed by atoms with E-state index in [9.17, 15) is 0 Å². The van der Waals surface area contributed by atoms with E-state index in [-0.39, 0.29) is 0 Å². The van der Waals surface area contributed by atoms with Gasteiger partial charge in [0.05, 0.1) is 33.6 Å².